The van der Waals surface area contributed by atoms with Gasteiger partial charge in [0.15, 0.2) is 0 Å². The molecule has 0 saturated carbocycles. The summed E-state index contributed by atoms with van der Waals surface area (Å²) in [6, 6.07) is 13.6. The van der Waals surface area contributed by atoms with Crippen molar-refractivity contribution < 1.29 is 18.8 Å². The minimum absolute atomic E-state index is 0.151. The van der Waals surface area contributed by atoms with Crippen LogP contribution in [0.4, 0.5) is 11.4 Å². The summed E-state index contributed by atoms with van der Waals surface area (Å²) in [6.45, 7) is 5.35. The van der Waals surface area contributed by atoms with Gasteiger partial charge in [0.1, 0.15) is 18.4 Å². The van der Waals surface area contributed by atoms with Gasteiger partial charge in [0.05, 0.1) is 24.9 Å². The van der Waals surface area contributed by atoms with Gasteiger partial charge in [-0.1, -0.05) is 6.07 Å². The Balaban J connectivity index is 1.70. The van der Waals surface area contributed by atoms with Crippen LogP contribution in [0, 0.1) is 11.3 Å². The Bertz CT molecular complexity index is 835. The summed E-state index contributed by atoms with van der Waals surface area (Å²) in [4.78, 5) is 0. The number of nitrogens with one attached hydrogen (secondary N) is 1. The van der Waals surface area contributed by atoms with Gasteiger partial charge in [-0.15, -0.1) is 0 Å². The summed E-state index contributed by atoms with van der Waals surface area (Å²) < 4.78 is 22.1. The summed E-state index contributed by atoms with van der Waals surface area (Å²) in [6.07, 6.45) is 0.151. The lowest BCUT2D eigenvalue weighted by Crippen LogP contribution is -2.30. The highest BCUT2D eigenvalue weighted by atomic mass is 16.6. The van der Waals surface area contributed by atoms with E-state index in [9.17, 15) is 5.26 Å². The Morgan fingerprint density at radius 3 is 2.70 bits per heavy atom. The summed E-state index contributed by atoms with van der Waals surface area (Å²) in [7, 11) is 1.34. The van der Waals surface area contributed by atoms with Crippen LogP contribution in [0.15, 0.2) is 36.4 Å². The fraction of sp³-hybridized carbons (Fsp3) is 0.350. The van der Waals surface area contributed by atoms with E-state index in [1.54, 1.807) is 13.2 Å². The molecule has 0 saturated heterocycles. The van der Waals surface area contributed by atoms with Gasteiger partial charge in [-0.3, -0.25) is 0 Å². The predicted molar refractivity (Wildman–Crippen MR) is 105 cm³/mol. The fourth-order valence-electron chi connectivity index (χ4n) is 2.90. The maximum atomic E-state index is 9.29. The van der Waals surface area contributed by atoms with Crippen LogP contribution in [0.5, 0.6) is 5.75 Å². The number of hydrogen-bond donors (Lipinski definition) is 1. The maximum absolute atomic E-state index is 9.29. The largest absolute Gasteiger partial charge is 0.494 e. The van der Waals surface area contributed by atoms with Gasteiger partial charge in [-0.25, -0.2) is 0 Å². The number of benzene rings is 2. The molecule has 1 N–H and O–H groups in total. The second kappa shape index (κ2) is 8.91. The van der Waals surface area contributed by atoms with Crippen molar-refractivity contribution in [3.63, 3.8) is 0 Å². The molecule has 0 fully saturated rings. The van der Waals surface area contributed by atoms with Crippen LogP contribution in [0.25, 0.3) is 0 Å². The molecule has 27 heavy (non-hydrogen) atoms. The van der Waals surface area contributed by atoms with E-state index >= 15 is 0 Å². The van der Waals surface area contributed by atoms with Crippen molar-refractivity contribution in [1.82, 2.24) is 0 Å². The van der Waals surface area contributed by atoms with Crippen molar-refractivity contribution in [1.29, 1.82) is 5.26 Å². The second-order valence-corrected chi connectivity index (χ2v) is 6.51. The molecule has 2 aromatic rings. The number of rotatable bonds is 8. The zero-order valence-electron chi connectivity index (χ0n) is 15.8. The molecule has 1 aliphatic heterocycles. The third-order valence-corrected chi connectivity index (χ3v) is 4.18. The maximum Gasteiger partial charge on any atom is 0.494 e. The van der Waals surface area contributed by atoms with E-state index in [1.165, 1.54) is 0 Å². The number of ether oxygens (including phenoxy) is 2. The molecule has 0 amide bonds. The molecule has 140 valence electrons. The lowest BCUT2D eigenvalue weighted by atomic mass is 9.79. The molecule has 2 aromatic carbocycles. The Hall–Kier alpha value is -2.53. The van der Waals surface area contributed by atoms with Crippen LogP contribution in [0.3, 0.4) is 0 Å². The molecule has 0 radical (unpaired) electrons. The van der Waals surface area contributed by atoms with Crippen molar-refractivity contribution in [2.45, 2.75) is 26.6 Å². The van der Waals surface area contributed by atoms with E-state index in [-0.39, 0.29) is 13.2 Å². The van der Waals surface area contributed by atoms with Gasteiger partial charge in [0.2, 0.25) is 0 Å². The smallest absolute Gasteiger partial charge is 0.490 e. The molecule has 0 unspecified atom stereocenters. The number of hydrogen-bond acceptors (Lipinski definition) is 6. The SMILES string of the molecule is COB1OCc2cc(Nc3ccc(C#N)c(OCCOC(C)C)c3)ccc21. The Labute approximate surface area is 160 Å². The van der Waals surface area contributed by atoms with Crippen molar-refractivity contribution in [2.24, 2.45) is 0 Å². The van der Waals surface area contributed by atoms with E-state index in [0.29, 0.717) is 31.1 Å². The minimum atomic E-state index is -0.294. The number of anilines is 2. The molecular formula is C20H23BN2O4. The topological polar surface area (TPSA) is 72.7 Å². The van der Waals surface area contributed by atoms with Gasteiger partial charge in [0.25, 0.3) is 0 Å². The van der Waals surface area contributed by atoms with Crippen LogP contribution in [0.1, 0.15) is 25.0 Å². The fourth-order valence-corrected chi connectivity index (χ4v) is 2.90. The van der Waals surface area contributed by atoms with E-state index in [1.807, 2.05) is 44.2 Å². The van der Waals surface area contributed by atoms with Crippen LogP contribution in [-0.4, -0.2) is 33.5 Å². The van der Waals surface area contributed by atoms with Gasteiger partial charge >= 0.3 is 7.12 Å². The standard InChI is InChI=1S/C20H23BN2O4/c1-14(2)25-8-9-26-20-11-18(5-4-15(20)12-22)23-17-6-7-19-16(10-17)13-27-21(19)24-3/h4-7,10-11,14,23H,8-9,13H2,1-3H3. The van der Waals surface area contributed by atoms with Gasteiger partial charge < -0.3 is 24.1 Å². The summed E-state index contributed by atoms with van der Waals surface area (Å²) >= 11 is 0. The summed E-state index contributed by atoms with van der Waals surface area (Å²) in [5, 5.41) is 12.6. The highest BCUT2D eigenvalue weighted by Gasteiger charge is 2.29. The first-order valence-corrected chi connectivity index (χ1v) is 8.93. The number of nitriles is 1. The molecule has 1 heterocycles. The van der Waals surface area contributed by atoms with Crippen molar-refractivity contribution in [3.8, 4) is 11.8 Å². The van der Waals surface area contributed by atoms with Crippen LogP contribution in [0.2, 0.25) is 0 Å². The zero-order chi connectivity index (χ0) is 19.2. The molecule has 0 atom stereocenters. The van der Waals surface area contributed by atoms with E-state index < -0.39 is 0 Å². The second-order valence-electron chi connectivity index (χ2n) is 6.51. The molecule has 0 aliphatic carbocycles. The highest BCUT2D eigenvalue weighted by molar-refractivity contribution is 6.62. The molecule has 7 heteroatoms. The third kappa shape index (κ3) is 4.80. The Morgan fingerprint density at radius 1 is 1.19 bits per heavy atom. The molecular weight excluding hydrogens is 343 g/mol. The monoisotopic (exact) mass is 366 g/mol. The minimum Gasteiger partial charge on any atom is -0.490 e. The predicted octanol–water partition coefficient (Wildman–Crippen LogP) is 2.98. The first-order valence-electron chi connectivity index (χ1n) is 8.93. The molecule has 0 bridgehead atoms. The number of nitrogens with zero attached hydrogens (tertiary/aromatic N) is 1. The Kier molecular flexibility index (Phi) is 6.35. The normalized spacial score (nSPS) is 12.8. The van der Waals surface area contributed by atoms with Gasteiger partial charge in [-0.2, -0.15) is 5.26 Å². The molecule has 3 rings (SSSR count). The van der Waals surface area contributed by atoms with Crippen LogP contribution in [-0.2, 0) is 20.7 Å². The van der Waals surface area contributed by atoms with E-state index in [0.717, 1.165) is 22.4 Å². The van der Waals surface area contributed by atoms with Crippen molar-refractivity contribution >= 4 is 24.0 Å². The van der Waals surface area contributed by atoms with Crippen molar-refractivity contribution in [2.75, 3.05) is 25.6 Å². The average molecular weight is 366 g/mol. The highest BCUT2D eigenvalue weighted by Crippen LogP contribution is 2.26. The van der Waals surface area contributed by atoms with E-state index in [2.05, 4.69) is 11.4 Å². The molecule has 0 spiro atoms. The van der Waals surface area contributed by atoms with Crippen LogP contribution >= 0.6 is 0 Å². The van der Waals surface area contributed by atoms with Crippen LogP contribution < -0.4 is 15.5 Å². The molecule has 6 nitrogen and oxygen atoms in total. The van der Waals surface area contributed by atoms with Gasteiger partial charge in [0, 0.05) is 24.6 Å². The van der Waals surface area contributed by atoms with Gasteiger partial charge in [-0.05, 0) is 49.1 Å². The molecule has 0 aromatic heterocycles. The lowest BCUT2D eigenvalue weighted by molar-refractivity contribution is 0.0552. The van der Waals surface area contributed by atoms with Crippen molar-refractivity contribution in [3.05, 3.63) is 47.5 Å². The quantitative estimate of drug-likeness (QED) is 0.572. The first kappa shape index (κ1) is 19.2. The number of fused-ring (bicyclic) bond motifs is 1. The van der Waals surface area contributed by atoms with E-state index in [4.69, 9.17) is 18.8 Å². The lowest BCUT2D eigenvalue weighted by Gasteiger charge is -2.13. The summed E-state index contributed by atoms with van der Waals surface area (Å²) in [5.74, 6) is 0.541. The third-order valence-electron chi connectivity index (χ3n) is 4.18. The zero-order valence-corrected chi connectivity index (χ0v) is 15.8. The summed E-state index contributed by atoms with van der Waals surface area (Å²) in [5.41, 5.74) is 4.43. The average Bonchev–Trinajstić information content (AvgIpc) is 3.07. The first-order chi connectivity index (χ1) is 13.1. The molecule has 1 aliphatic rings. The Morgan fingerprint density at radius 2 is 1.96 bits per heavy atom.